The zero-order chi connectivity index (χ0) is 18.6. The molecule has 1 amide bonds. The summed E-state index contributed by atoms with van der Waals surface area (Å²) in [6.45, 7) is 7.40. The van der Waals surface area contributed by atoms with Crippen LogP contribution in [-0.2, 0) is 11.3 Å². The summed E-state index contributed by atoms with van der Waals surface area (Å²) in [5.41, 5.74) is 1.36. The average molecular weight is 377 g/mol. The zero-order valence-electron chi connectivity index (χ0n) is 16.4. The fourth-order valence-corrected chi connectivity index (χ4v) is 4.53. The van der Waals surface area contributed by atoms with E-state index in [-0.39, 0.29) is 5.41 Å². The monoisotopic (exact) mass is 376 g/mol. The Morgan fingerprint density at radius 3 is 2.77 bits per heavy atom. The Kier molecular flexibility index (Phi) is 6.51. The van der Waals surface area contributed by atoms with Crippen LogP contribution in [-0.4, -0.2) is 60.5 Å². The van der Waals surface area contributed by atoms with Gasteiger partial charge < -0.3 is 14.5 Å². The molecule has 4 nitrogen and oxygen atoms in total. The van der Waals surface area contributed by atoms with Crippen LogP contribution in [0.25, 0.3) is 0 Å². The number of piperidine rings is 1. The molecule has 144 valence electrons. The second kappa shape index (κ2) is 8.66. The minimum Gasteiger partial charge on any atom is -0.497 e. The Morgan fingerprint density at radius 2 is 2.08 bits per heavy atom. The lowest BCUT2D eigenvalue weighted by Gasteiger charge is -2.39. The number of nitrogens with zero attached hydrogens (tertiary/aromatic N) is 2. The van der Waals surface area contributed by atoms with Gasteiger partial charge in [0.25, 0.3) is 0 Å². The van der Waals surface area contributed by atoms with Crippen molar-refractivity contribution in [3.8, 4) is 5.75 Å². The van der Waals surface area contributed by atoms with Crippen molar-refractivity contribution in [2.75, 3.05) is 39.5 Å². The van der Waals surface area contributed by atoms with Crippen LogP contribution in [0.2, 0.25) is 0 Å². The highest BCUT2D eigenvalue weighted by Crippen LogP contribution is 2.41. The predicted octanol–water partition coefficient (Wildman–Crippen LogP) is 3.65. The molecule has 3 rings (SSSR count). The Hall–Kier alpha value is -1.20. The summed E-state index contributed by atoms with van der Waals surface area (Å²) in [5.74, 6) is 1.17. The molecule has 1 atom stereocenters. The molecule has 2 fully saturated rings. The van der Waals surface area contributed by atoms with E-state index >= 15 is 0 Å². The van der Waals surface area contributed by atoms with Gasteiger partial charge in [-0.25, -0.2) is 0 Å². The van der Waals surface area contributed by atoms with E-state index in [1.165, 1.54) is 13.0 Å². The van der Waals surface area contributed by atoms with E-state index in [4.69, 9.17) is 4.74 Å². The third-order valence-electron chi connectivity index (χ3n) is 6.08. The molecule has 1 aromatic carbocycles. The van der Waals surface area contributed by atoms with Crippen LogP contribution in [0, 0.1) is 5.41 Å². The molecule has 2 aliphatic rings. The quantitative estimate of drug-likeness (QED) is 0.727. The molecule has 2 heterocycles. The summed E-state index contributed by atoms with van der Waals surface area (Å²) in [7, 11) is 1.68. The average Bonchev–Trinajstić information content (AvgIpc) is 2.96. The van der Waals surface area contributed by atoms with Gasteiger partial charge in [-0.2, -0.15) is 11.8 Å². The summed E-state index contributed by atoms with van der Waals surface area (Å²) in [6.07, 6.45) is 6.49. The van der Waals surface area contributed by atoms with Gasteiger partial charge in [-0.05, 0) is 68.3 Å². The van der Waals surface area contributed by atoms with Gasteiger partial charge in [0.2, 0.25) is 5.91 Å². The molecule has 5 heteroatoms. The van der Waals surface area contributed by atoms with E-state index in [2.05, 4.69) is 29.0 Å². The standard InChI is InChI=1S/C21H32N2O2S/c1-17(26-3)7-10-22-11-8-21(9-12-22)14-20(24)23(16-21)15-18-5-4-6-19(13-18)25-2/h4-6,13,17H,7-12,14-16H2,1-3H3/t17-/m1/s1. The molecule has 0 unspecified atom stereocenters. The Balaban J connectivity index is 1.53. The van der Waals surface area contributed by atoms with E-state index in [0.717, 1.165) is 55.5 Å². The van der Waals surface area contributed by atoms with Crippen molar-refractivity contribution in [2.45, 2.75) is 44.4 Å². The topological polar surface area (TPSA) is 32.8 Å². The summed E-state index contributed by atoms with van der Waals surface area (Å²) in [4.78, 5) is 17.3. The molecule has 0 aliphatic carbocycles. The molecule has 0 N–H and O–H groups in total. The minimum atomic E-state index is 0.206. The van der Waals surface area contributed by atoms with Crippen LogP contribution >= 0.6 is 11.8 Å². The zero-order valence-corrected chi connectivity index (χ0v) is 17.2. The van der Waals surface area contributed by atoms with Gasteiger partial charge in [0.15, 0.2) is 0 Å². The minimum absolute atomic E-state index is 0.206. The van der Waals surface area contributed by atoms with Crippen LogP contribution in [0.4, 0.5) is 0 Å². The van der Waals surface area contributed by atoms with Crippen molar-refractivity contribution in [3.05, 3.63) is 29.8 Å². The van der Waals surface area contributed by atoms with Crippen LogP contribution in [0.15, 0.2) is 24.3 Å². The number of thioether (sulfide) groups is 1. The predicted molar refractivity (Wildman–Crippen MR) is 109 cm³/mol. The first-order chi connectivity index (χ1) is 12.5. The van der Waals surface area contributed by atoms with Crippen molar-refractivity contribution >= 4 is 17.7 Å². The molecule has 0 saturated carbocycles. The number of amides is 1. The number of methoxy groups -OCH3 is 1. The van der Waals surface area contributed by atoms with Gasteiger partial charge >= 0.3 is 0 Å². The number of hydrogen-bond acceptors (Lipinski definition) is 4. The van der Waals surface area contributed by atoms with E-state index in [9.17, 15) is 4.79 Å². The smallest absolute Gasteiger partial charge is 0.223 e. The third kappa shape index (κ3) is 4.74. The highest BCUT2D eigenvalue weighted by atomic mass is 32.2. The largest absolute Gasteiger partial charge is 0.497 e. The van der Waals surface area contributed by atoms with E-state index < -0.39 is 0 Å². The fraction of sp³-hybridized carbons (Fsp3) is 0.667. The second-order valence-electron chi connectivity index (χ2n) is 7.95. The number of hydrogen-bond donors (Lipinski definition) is 0. The van der Waals surface area contributed by atoms with E-state index in [0.29, 0.717) is 12.5 Å². The summed E-state index contributed by atoms with van der Waals surface area (Å²) in [6, 6.07) is 8.06. The van der Waals surface area contributed by atoms with Gasteiger partial charge in [-0.15, -0.1) is 0 Å². The van der Waals surface area contributed by atoms with Crippen LogP contribution in [0.5, 0.6) is 5.75 Å². The molecule has 1 aromatic rings. The number of carbonyl (C=O) groups is 1. The van der Waals surface area contributed by atoms with Crippen LogP contribution in [0.3, 0.4) is 0 Å². The van der Waals surface area contributed by atoms with Crippen molar-refractivity contribution in [3.63, 3.8) is 0 Å². The molecule has 2 saturated heterocycles. The Morgan fingerprint density at radius 1 is 1.31 bits per heavy atom. The highest BCUT2D eigenvalue weighted by Gasteiger charge is 2.44. The number of ether oxygens (including phenoxy) is 1. The molecule has 0 bridgehead atoms. The third-order valence-corrected chi connectivity index (χ3v) is 7.12. The first-order valence-electron chi connectivity index (χ1n) is 9.69. The van der Waals surface area contributed by atoms with Crippen molar-refractivity contribution < 1.29 is 9.53 Å². The molecule has 0 radical (unpaired) electrons. The summed E-state index contributed by atoms with van der Waals surface area (Å²) < 4.78 is 5.31. The summed E-state index contributed by atoms with van der Waals surface area (Å²) in [5, 5.41) is 0.734. The molecule has 26 heavy (non-hydrogen) atoms. The number of rotatable bonds is 7. The molecule has 2 aliphatic heterocycles. The van der Waals surface area contributed by atoms with Crippen LogP contribution < -0.4 is 4.74 Å². The Bertz CT molecular complexity index is 614. The molecule has 0 aromatic heterocycles. The first-order valence-corrected chi connectivity index (χ1v) is 11.0. The lowest BCUT2D eigenvalue weighted by atomic mass is 9.77. The highest BCUT2D eigenvalue weighted by molar-refractivity contribution is 7.99. The van der Waals surface area contributed by atoms with E-state index in [1.807, 2.05) is 30.0 Å². The number of likely N-dealkylation sites (tertiary alicyclic amines) is 2. The lowest BCUT2D eigenvalue weighted by molar-refractivity contribution is -0.128. The maximum Gasteiger partial charge on any atom is 0.223 e. The van der Waals surface area contributed by atoms with Gasteiger partial charge in [0.1, 0.15) is 5.75 Å². The number of carbonyl (C=O) groups excluding carboxylic acids is 1. The Labute approximate surface area is 162 Å². The van der Waals surface area contributed by atoms with Gasteiger partial charge in [0, 0.05) is 24.8 Å². The molecular weight excluding hydrogens is 344 g/mol. The van der Waals surface area contributed by atoms with Crippen molar-refractivity contribution in [1.82, 2.24) is 9.80 Å². The van der Waals surface area contributed by atoms with Gasteiger partial charge in [0.05, 0.1) is 7.11 Å². The maximum absolute atomic E-state index is 12.6. The summed E-state index contributed by atoms with van der Waals surface area (Å²) >= 11 is 1.95. The maximum atomic E-state index is 12.6. The van der Waals surface area contributed by atoms with Gasteiger partial charge in [-0.1, -0.05) is 19.1 Å². The molecular formula is C21H32N2O2S. The SMILES string of the molecule is COc1cccc(CN2CC3(CCN(CC[C@@H](C)SC)CC3)CC2=O)c1. The van der Waals surface area contributed by atoms with E-state index in [1.54, 1.807) is 7.11 Å². The van der Waals surface area contributed by atoms with Crippen molar-refractivity contribution in [1.29, 1.82) is 0 Å². The van der Waals surface area contributed by atoms with Gasteiger partial charge in [-0.3, -0.25) is 4.79 Å². The van der Waals surface area contributed by atoms with Crippen molar-refractivity contribution in [2.24, 2.45) is 5.41 Å². The first kappa shape index (κ1) is 19.6. The molecule has 1 spiro atoms. The second-order valence-corrected chi connectivity index (χ2v) is 9.23. The normalized spacial score (nSPS) is 21.3. The fourth-order valence-electron chi connectivity index (χ4n) is 4.18. The van der Waals surface area contributed by atoms with Crippen LogP contribution in [0.1, 0.15) is 38.2 Å². The number of benzene rings is 1. The lowest BCUT2D eigenvalue weighted by Crippen LogP contribution is -2.42.